The van der Waals surface area contributed by atoms with Gasteiger partial charge in [0.15, 0.2) is 5.82 Å². The summed E-state index contributed by atoms with van der Waals surface area (Å²) >= 11 is 0. The van der Waals surface area contributed by atoms with Gasteiger partial charge in [-0.3, -0.25) is 0 Å². The standard InChI is InChI=1S/C18H19N3O/c1-2-14(12-22)19-18-16-11-7-6-10-15(16)17(20-21-18)13-8-4-3-5-9-13/h3-11,14,22H,2,12H2,1H3,(H,19,21). The molecule has 2 N–H and O–H groups in total. The summed E-state index contributed by atoms with van der Waals surface area (Å²) in [7, 11) is 0. The van der Waals surface area contributed by atoms with E-state index in [1.165, 1.54) is 0 Å². The maximum absolute atomic E-state index is 9.38. The Bertz CT molecular complexity index is 755. The van der Waals surface area contributed by atoms with Crippen molar-refractivity contribution in [2.75, 3.05) is 11.9 Å². The van der Waals surface area contributed by atoms with Crippen LogP contribution in [0.5, 0.6) is 0 Å². The van der Waals surface area contributed by atoms with Crippen molar-refractivity contribution in [1.29, 1.82) is 0 Å². The fourth-order valence-electron chi connectivity index (χ4n) is 2.49. The van der Waals surface area contributed by atoms with E-state index < -0.39 is 0 Å². The molecule has 0 saturated carbocycles. The van der Waals surface area contributed by atoms with Crippen LogP contribution in [-0.2, 0) is 0 Å². The number of hydrogen-bond acceptors (Lipinski definition) is 4. The molecular formula is C18H19N3O. The normalized spacial score (nSPS) is 12.3. The lowest BCUT2D eigenvalue weighted by molar-refractivity contribution is 0.271. The number of fused-ring (bicyclic) bond motifs is 1. The number of nitrogens with zero attached hydrogens (tertiary/aromatic N) is 2. The van der Waals surface area contributed by atoms with Crippen LogP contribution in [0.4, 0.5) is 5.82 Å². The Labute approximate surface area is 129 Å². The number of hydrogen-bond donors (Lipinski definition) is 2. The van der Waals surface area contributed by atoms with Crippen molar-refractivity contribution in [3.63, 3.8) is 0 Å². The molecule has 0 saturated heterocycles. The first-order valence-electron chi connectivity index (χ1n) is 7.51. The number of aliphatic hydroxyl groups excluding tert-OH is 1. The molecule has 0 spiro atoms. The molecule has 22 heavy (non-hydrogen) atoms. The van der Waals surface area contributed by atoms with Crippen molar-refractivity contribution in [1.82, 2.24) is 10.2 Å². The van der Waals surface area contributed by atoms with Crippen LogP contribution >= 0.6 is 0 Å². The van der Waals surface area contributed by atoms with Crippen molar-refractivity contribution in [2.45, 2.75) is 19.4 Å². The molecule has 0 aliphatic rings. The molecule has 1 atom stereocenters. The molecule has 0 aliphatic carbocycles. The largest absolute Gasteiger partial charge is 0.394 e. The molecule has 0 fully saturated rings. The molecule has 0 radical (unpaired) electrons. The fourth-order valence-corrected chi connectivity index (χ4v) is 2.49. The lowest BCUT2D eigenvalue weighted by Crippen LogP contribution is -2.23. The fraction of sp³-hybridized carbons (Fsp3) is 0.222. The zero-order chi connectivity index (χ0) is 15.4. The van der Waals surface area contributed by atoms with Gasteiger partial charge in [0.05, 0.1) is 12.6 Å². The number of anilines is 1. The summed E-state index contributed by atoms with van der Waals surface area (Å²) in [5, 5.41) is 23.5. The Hall–Kier alpha value is -2.46. The summed E-state index contributed by atoms with van der Waals surface area (Å²) in [6, 6.07) is 18.1. The first kappa shape index (κ1) is 14.5. The summed E-state index contributed by atoms with van der Waals surface area (Å²) < 4.78 is 0. The number of aliphatic hydroxyl groups is 1. The quantitative estimate of drug-likeness (QED) is 0.756. The third kappa shape index (κ3) is 2.78. The van der Waals surface area contributed by atoms with Crippen LogP contribution in [0.2, 0.25) is 0 Å². The van der Waals surface area contributed by atoms with Gasteiger partial charge < -0.3 is 10.4 Å². The summed E-state index contributed by atoms with van der Waals surface area (Å²) in [5.41, 5.74) is 1.92. The van der Waals surface area contributed by atoms with Gasteiger partial charge >= 0.3 is 0 Å². The molecule has 0 amide bonds. The van der Waals surface area contributed by atoms with Gasteiger partial charge in [-0.05, 0) is 6.42 Å². The second kappa shape index (κ2) is 6.54. The second-order valence-electron chi connectivity index (χ2n) is 5.24. The van der Waals surface area contributed by atoms with E-state index in [0.29, 0.717) is 0 Å². The number of aromatic nitrogens is 2. The molecule has 4 heteroatoms. The number of benzene rings is 2. The average Bonchev–Trinajstić information content (AvgIpc) is 2.60. The zero-order valence-corrected chi connectivity index (χ0v) is 12.5. The summed E-state index contributed by atoms with van der Waals surface area (Å²) in [4.78, 5) is 0. The summed E-state index contributed by atoms with van der Waals surface area (Å²) in [6.07, 6.45) is 0.826. The van der Waals surface area contributed by atoms with Gasteiger partial charge in [0.2, 0.25) is 0 Å². The summed E-state index contributed by atoms with van der Waals surface area (Å²) in [6.45, 7) is 2.11. The predicted molar refractivity (Wildman–Crippen MR) is 89.8 cm³/mol. The van der Waals surface area contributed by atoms with E-state index >= 15 is 0 Å². The lowest BCUT2D eigenvalue weighted by Gasteiger charge is -2.16. The van der Waals surface area contributed by atoms with E-state index in [2.05, 4.69) is 21.6 Å². The van der Waals surface area contributed by atoms with Crippen LogP contribution in [0.3, 0.4) is 0 Å². The average molecular weight is 293 g/mol. The van der Waals surface area contributed by atoms with Crippen LogP contribution < -0.4 is 5.32 Å². The van der Waals surface area contributed by atoms with Crippen LogP contribution in [0.25, 0.3) is 22.0 Å². The van der Waals surface area contributed by atoms with Crippen LogP contribution in [0.1, 0.15) is 13.3 Å². The van der Waals surface area contributed by atoms with E-state index in [1.54, 1.807) is 0 Å². The SMILES string of the molecule is CCC(CO)Nc1nnc(-c2ccccc2)c2ccccc12. The number of rotatable bonds is 5. The van der Waals surface area contributed by atoms with Gasteiger partial charge in [0.1, 0.15) is 5.69 Å². The molecular weight excluding hydrogens is 274 g/mol. The Morgan fingerprint density at radius 1 is 0.955 bits per heavy atom. The molecule has 4 nitrogen and oxygen atoms in total. The van der Waals surface area contributed by atoms with E-state index in [0.717, 1.165) is 34.3 Å². The first-order valence-corrected chi connectivity index (χ1v) is 7.51. The highest BCUT2D eigenvalue weighted by Gasteiger charge is 2.12. The van der Waals surface area contributed by atoms with E-state index in [4.69, 9.17) is 0 Å². The van der Waals surface area contributed by atoms with E-state index in [1.807, 2.05) is 55.5 Å². The Kier molecular flexibility index (Phi) is 4.30. The molecule has 0 aliphatic heterocycles. The smallest absolute Gasteiger partial charge is 0.156 e. The first-order chi connectivity index (χ1) is 10.8. The predicted octanol–water partition coefficient (Wildman–Crippen LogP) is 3.48. The van der Waals surface area contributed by atoms with Crippen molar-refractivity contribution in [3.8, 4) is 11.3 Å². The molecule has 1 aromatic heterocycles. The molecule has 0 bridgehead atoms. The molecule has 1 unspecified atom stereocenters. The van der Waals surface area contributed by atoms with Crippen molar-refractivity contribution in [2.24, 2.45) is 0 Å². The monoisotopic (exact) mass is 293 g/mol. The third-order valence-electron chi connectivity index (χ3n) is 3.79. The second-order valence-corrected chi connectivity index (χ2v) is 5.24. The Morgan fingerprint density at radius 3 is 2.32 bits per heavy atom. The van der Waals surface area contributed by atoms with Crippen LogP contribution in [-0.4, -0.2) is 28.0 Å². The maximum Gasteiger partial charge on any atom is 0.156 e. The number of nitrogens with one attached hydrogen (secondary N) is 1. The molecule has 3 aromatic rings. The van der Waals surface area contributed by atoms with E-state index in [-0.39, 0.29) is 12.6 Å². The minimum Gasteiger partial charge on any atom is -0.394 e. The van der Waals surface area contributed by atoms with Gasteiger partial charge in [0.25, 0.3) is 0 Å². The molecule has 1 heterocycles. The molecule has 3 rings (SSSR count). The topological polar surface area (TPSA) is 58.0 Å². The van der Waals surface area contributed by atoms with Gasteiger partial charge in [-0.25, -0.2) is 0 Å². The maximum atomic E-state index is 9.38. The molecule has 2 aromatic carbocycles. The van der Waals surface area contributed by atoms with Gasteiger partial charge in [-0.1, -0.05) is 61.5 Å². The van der Waals surface area contributed by atoms with Crippen molar-refractivity contribution < 1.29 is 5.11 Å². The molecule has 112 valence electrons. The van der Waals surface area contributed by atoms with Gasteiger partial charge in [0, 0.05) is 16.3 Å². The van der Waals surface area contributed by atoms with Crippen LogP contribution in [0, 0.1) is 0 Å². The Morgan fingerprint density at radius 2 is 1.64 bits per heavy atom. The van der Waals surface area contributed by atoms with Crippen molar-refractivity contribution in [3.05, 3.63) is 54.6 Å². The highest BCUT2D eigenvalue weighted by atomic mass is 16.3. The highest BCUT2D eigenvalue weighted by molar-refractivity contribution is 6.00. The van der Waals surface area contributed by atoms with Gasteiger partial charge in [-0.2, -0.15) is 0 Å². The lowest BCUT2D eigenvalue weighted by atomic mass is 10.0. The minimum atomic E-state index is -0.0136. The Balaban J connectivity index is 2.11. The van der Waals surface area contributed by atoms with E-state index in [9.17, 15) is 5.11 Å². The van der Waals surface area contributed by atoms with Crippen molar-refractivity contribution >= 4 is 16.6 Å². The summed E-state index contributed by atoms with van der Waals surface area (Å²) in [5.74, 6) is 0.719. The zero-order valence-electron chi connectivity index (χ0n) is 12.5. The van der Waals surface area contributed by atoms with Gasteiger partial charge in [-0.15, -0.1) is 10.2 Å². The van der Waals surface area contributed by atoms with Crippen LogP contribution in [0.15, 0.2) is 54.6 Å². The highest BCUT2D eigenvalue weighted by Crippen LogP contribution is 2.29. The minimum absolute atomic E-state index is 0.0136. The third-order valence-corrected chi connectivity index (χ3v) is 3.79.